The Hall–Kier alpha value is -4.14. The maximum absolute atomic E-state index is 10.9. The summed E-state index contributed by atoms with van der Waals surface area (Å²) in [6, 6.07) is 15.9. The number of nitrogens with zero attached hydrogens (tertiary/aromatic N) is 7. The molecule has 9 heteroatoms. The van der Waals surface area contributed by atoms with Crippen LogP contribution < -0.4 is 0 Å². The Bertz CT molecular complexity index is 1080. The fourth-order valence-electron chi connectivity index (χ4n) is 2.54. The Morgan fingerprint density at radius 1 is 1.00 bits per heavy atom. The number of hydrogen-bond donors (Lipinski definition) is 0. The largest absolute Gasteiger partial charge is 0.269 e. The van der Waals surface area contributed by atoms with E-state index < -0.39 is 4.92 Å². The number of aromatic nitrogens is 5. The van der Waals surface area contributed by atoms with Gasteiger partial charge in [0.2, 0.25) is 0 Å². The van der Waals surface area contributed by atoms with Gasteiger partial charge in [0.25, 0.3) is 5.69 Å². The van der Waals surface area contributed by atoms with Gasteiger partial charge < -0.3 is 0 Å². The third-order valence-electron chi connectivity index (χ3n) is 3.85. The minimum absolute atomic E-state index is 0.0287. The van der Waals surface area contributed by atoms with Crippen molar-refractivity contribution in [1.29, 1.82) is 0 Å². The number of benzene rings is 2. The van der Waals surface area contributed by atoms with Crippen molar-refractivity contribution in [3.05, 3.63) is 89.1 Å². The van der Waals surface area contributed by atoms with Crippen molar-refractivity contribution in [1.82, 2.24) is 24.7 Å². The van der Waals surface area contributed by atoms with Crippen molar-refractivity contribution in [2.45, 2.75) is 0 Å². The molecular weight excluding hydrogens is 346 g/mol. The molecule has 0 atom stereocenters. The molecule has 0 aliphatic heterocycles. The first-order chi connectivity index (χ1) is 13.2. The zero-order valence-electron chi connectivity index (χ0n) is 14.0. The third-order valence-corrected chi connectivity index (χ3v) is 3.85. The normalized spacial score (nSPS) is 11.1. The van der Waals surface area contributed by atoms with E-state index in [9.17, 15) is 10.1 Å². The average molecular weight is 359 g/mol. The van der Waals surface area contributed by atoms with Crippen LogP contribution in [0.3, 0.4) is 0 Å². The molecule has 0 N–H and O–H groups in total. The molecule has 4 rings (SSSR count). The highest BCUT2D eigenvalue weighted by atomic mass is 16.6. The van der Waals surface area contributed by atoms with Gasteiger partial charge in [-0.1, -0.05) is 18.2 Å². The number of nitro benzene ring substituents is 1. The van der Waals surface area contributed by atoms with Gasteiger partial charge >= 0.3 is 0 Å². The quantitative estimate of drug-likeness (QED) is 0.309. The molecule has 2 aromatic heterocycles. The Morgan fingerprint density at radius 2 is 1.70 bits per heavy atom. The lowest BCUT2D eigenvalue weighted by atomic mass is 10.1. The van der Waals surface area contributed by atoms with E-state index in [4.69, 9.17) is 0 Å². The van der Waals surface area contributed by atoms with Crippen LogP contribution in [0.5, 0.6) is 0 Å². The van der Waals surface area contributed by atoms with Gasteiger partial charge in [-0.05, 0) is 24.3 Å². The fourth-order valence-corrected chi connectivity index (χ4v) is 2.54. The number of hydrogen-bond acceptors (Lipinski definition) is 6. The summed E-state index contributed by atoms with van der Waals surface area (Å²) in [5.41, 5.74) is 3.08. The van der Waals surface area contributed by atoms with E-state index in [1.807, 2.05) is 36.5 Å². The fraction of sp³-hybridized carbons (Fsp3) is 0. The molecule has 2 aromatic carbocycles. The van der Waals surface area contributed by atoms with Crippen LogP contribution in [-0.4, -0.2) is 35.8 Å². The minimum atomic E-state index is -0.430. The SMILES string of the molecule is O=[N+]([O-])c1ccc(-c2nn(-c3ccccc3)cc2/C=N\n2cnnc2)cc1. The molecule has 0 unspecified atom stereocenters. The summed E-state index contributed by atoms with van der Waals surface area (Å²) in [6.07, 6.45) is 6.44. The van der Waals surface area contributed by atoms with Crippen molar-refractivity contribution in [2.75, 3.05) is 0 Å². The van der Waals surface area contributed by atoms with Crippen molar-refractivity contribution in [3.63, 3.8) is 0 Å². The topological polar surface area (TPSA) is 104 Å². The van der Waals surface area contributed by atoms with Crippen LogP contribution in [0.4, 0.5) is 5.69 Å². The maximum atomic E-state index is 10.9. The van der Waals surface area contributed by atoms with Crippen molar-refractivity contribution in [2.24, 2.45) is 5.10 Å². The monoisotopic (exact) mass is 359 g/mol. The van der Waals surface area contributed by atoms with E-state index in [1.165, 1.54) is 29.5 Å². The molecule has 0 radical (unpaired) electrons. The van der Waals surface area contributed by atoms with Gasteiger partial charge in [-0.25, -0.2) is 9.36 Å². The van der Waals surface area contributed by atoms with Gasteiger partial charge in [-0.2, -0.15) is 10.2 Å². The summed E-state index contributed by atoms with van der Waals surface area (Å²) >= 11 is 0. The Kier molecular flexibility index (Phi) is 4.24. The van der Waals surface area contributed by atoms with Gasteiger partial charge in [-0.3, -0.25) is 10.1 Å². The summed E-state index contributed by atoms with van der Waals surface area (Å²) in [7, 11) is 0. The van der Waals surface area contributed by atoms with E-state index in [2.05, 4.69) is 20.4 Å². The van der Waals surface area contributed by atoms with E-state index in [1.54, 1.807) is 23.0 Å². The van der Waals surface area contributed by atoms with Gasteiger partial charge in [0.15, 0.2) is 0 Å². The first-order valence-corrected chi connectivity index (χ1v) is 7.99. The number of non-ortho nitro benzene ring substituents is 1. The molecule has 0 bridgehead atoms. The predicted octanol–water partition coefficient (Wildman–Crippen LogP) is 2.92. The van der Waals surface area contributed by atoms with Crippen LogP contribution in [0, 0.1) is 10.1 Å². The van der Waals surface area contributed by atoms with Crippen LogP contribution in [0.2, 0.25) is 0 Å². The predicted molar refractivity (Wildman–Crippen MR) is 98.7 cm³/mol. The molecule has 0 spiro atoms. The number of rotatable bonds is 5. The van der Waals surface area contributed by atoms with Crippen LogP contribution in [0.15, 0.2) is 78.6 Å². The van der Waals surface area contributed by atoms with Crippen molar-refractivity contribution >= 4 is 11.9 Å². The molecule has 0 fully saturated rings. The molecular formula is C18H13N7O2. The van der Waals surface area contributed by atoms with Gasteiger partial charge in [0, 0.05) is 29.5 Å². The molecule has 2 heterocycles. The number of nitro groups is 1. The van der Waals surface area contributed by atoms with Crippen molar-refractivity contribution < 1.29 is 4.92 Å². The first-order valence-electron chi connectivity index (χ1n) is 7.99. The molecule has 132 valence electrons. The van der Waals surface area contributed by atoms with E-state index in [0.717, 1.165) is 16.8 Å². The molecule has 27 heavy (non-hydrogen) atoms. The smallest absolute Gasteiger partial charge is 0.258 e. The van der Waals surface area contributed by atoms with E-state index in [0.29, 0.717) is 5.69 Å². The van der Waals surface area contributed by atoms with E-state index >= 15 is 0 Å². The number of para-hydroxylation sites is 1. The Morgan fingerprint density at radius 3 is 2.37 bits per heavy atom. The Labute approximate surface area is 153 Å². The van der Waals surface area contributed by atoms with Gasteiger partial charge in [0.05, 0.1) is 16.8 Å². The Balaban J connectivity index is 1.78. The summed E-state index contributed by atoms with van der Waals surface area (Å²) in [6.45, 7) is 0. The molecule has 0 aliphatic rings. The van der Waals surface area contributed by atoms with Crippen LogP contribution >= 0.6 is 0 Å². The van der Waals surface area contributed by atoms with Crippen molar-refractivity contribution in [3.8, 4) is 16.9 Å². The second kappa shape index (κ2) is 7.00. The molecule has 4 aromatic rings. The summed E-state index contributed by atoms with van der Waals surface area (Å²) in [5.74, 6) is 0. The zero-order valence-corrected chi connectivity index (χ0v) is 14.0. The van der Waals surface area contributed by atoms with Gasteiger partial charge in [-0.15, -0.1) is 10.2 Å². The molecule has 0 saturated heterocycles. The molecule has 0 saturated carbocycles. The zero-order chi connectivity index (χ0) is 18.6. The summed E-state index contributed by atoms with van der Waals surface area (Å²) in [4.78, 5) is 10.5. The molecule has 0 aliphatic carbocycles. The second-order valence-electron chi connectivity index (χ2n) is 5.60. The van der Waals surface area contributed by atoms with Gasteiger partial charge in [0.1, 0.15) is 18.3 Å². The third kappa shape index (κ3) is 3.47. The lowest BCUT2D eigenvalue weighted by Crippen LogP contribution is -1.94. The lowest BCUT2D eigenvalue weighted by molar-refractivity contribution is -0.384. The molecule has 0 amide bonds. The minimum Gasteiger partial charge on any atom is -0.258 e. The second-order valence-corrected chi connectivity index (χ2v) is 5.60. The first kappa shape index (κ1) is 16.3. The average Bonchev–Trinajstić information content (AvgIpc) is 3.37. The van der Waals surface area contributed by atoms with Crippen LogP contribution in [0.25, 0.3) is 16.9 Å². The van der Waals surface area contributed by atoms with E-state index in [-0.39, 0.29) is 5.69 Å². The maximum Gasteiger partial charge on any atom is 0.269 e. The lowest BCUT2D eigenvalue weighted by Gasteiger charge is -2.00. The highest BCUT2D eigenvalue weighted by molar-refractivity contribution is 5.88. The highest BCUT2D eigenvalue weighted by Gasteiger charge is 2.13. The summed E-state index contributed by atoms with van der Waals surface area (Å²) < 4.78 is 3.21. The molecule has 9 nitrogen and oxygen atoms in total. The summed E-state index contributed by atoms with van der Waals surface area (Å²) in [5, 5.41) is 27.2. The highest BCUT2D eigenvalue weighted by Crippen LogP contribution is 2.25. The van der Waals surface area contributed by atoms with Crippen LogP contribution in [0.1, 0.15) is 5.56 Å². The van der Waals surface area contributed by atoms with Crippen LogP contribution in [-0.2, 0) is 0 Å². The standard InChI is InChI=1S/C18H13N7O2/c26-25(27)17-8-6-14(7-9-17)18-15(10-21-23-12-19-20-13-23)11-24(22-18)16-4-2-1-3-5-16/h1-13H/b21-10-.